The number of hydrogen-bond acceptors (Lipinski definition) is 6. The molecular weight excluding hydrogens is 406 g/mol. The van der Waals surface area contributed by atoms with Gasteiger partial charge in [0.15, 0.2) is 5.82 Å². The fourth-order valence-corrected chi connectivity index (χ4v) is 3.64. The summed E-state index contributed by atoms with van der Waals surface area (Å²) in [5, 5.41) is 5.68. The van der Waals surface area contributed by atoms with Gasteiger partial charge in [-0.15, -0.1) is 0 Å². The lowest BCUT2D eigenvalue weighted by atomic mass is 9.96. The van der Waals surface area contributed by atoms with Gasteiger partial charge in [0, 0.05) is 49.7 Å². The molecule has 0 saturated carbocycles. The zero-order chi connectivity index (χ0) is 22.3. The van der Waals surface area contributed by atoms with Gasteiger partial charge in [-0.2, -0.15) is 0 Å². The highest BCUT2D eigenvalue weighted by atomic mass is 16.5. The molecule has 0 radical (unpaired) electrons. The Hall–Kier alpha value is -3.94. The Morgan fingerprint density at radius 3 is 2.19 bits per heavy atom. The van der Waals surface area contributed by atoms with Crippen LogP contribution in [0.1, 0.15) is 19.8 Å². The molecule has 1 fully saturated rings. The second-order valence-corrected chi connectivity index (χ2v) is 7.61. The summed E-state index contributed by atoms with van der Waals surface area (Å²) in [4.78, 5) is 34.8. The lowest BCUT2D eigenvalue weighted by molar-refractivity contribution is -0.120. The Morgan fingerprint density at radius 2 is 1.53 bits per heavy atom. The summed E-state index contributed by atoms with van der Waals surface area (Å²) in [6.45, 7) is 2.83. The van der Waals surface area contributed by atoms with Crippen LogP contribution in [0.25, 0.3) is 0 Å². The molecule has 2 amide bonds. The van der Waals surface area contributed by atoms with Crippen molar-refractivity contribution in [2.24, 2.45) is 5.92 Å². The van der Waals surface area contributed by atoms with Crippen LogP contribution in [-0.2, 0) is 9.59 Å². The van der Waals surface area contributed by atoms with Crippen LogP contribution in [0.3, 0.4) is 0 Å². The number of nitrogens with zero attached hydrogens (tertiary/aromatic N) is 3. The number of nitrogens with one attached hydrogen (secondary N) is 2. The highest BCUT2D eigenvalue weighted by Gasteiger charge is 2.27. The molecule has 1 aromatic heterocycles. The Labute approximate surface area is 186 Å². The summed E-state index contributed by atoms with van der Waals surface area (Å²) in [5.41, 5.74) is 1.40. The van der Waals surface area contributed by atoms with E-state index in [2.05, 4.69) is 25.5 Å². The molecule has 0 bridgehead atoms. The van der Waals surface area contributed by atoms with E-state index in [-0.39, 0.29) is 17.7 Å². The van der Waals surface area contributed by atoms with Crippen LogP contribution in [0.15, 0.2) is 67.0 Å². The highest BCUT2D eigenvalue weighted by molar-refractivity contribution is 5.93. The van der Waals surface area contributed by atoms with Gasteiger partial charge in [0.2, 0.25) is 11.8 Å². The number of amides is 2. The molecule has 8 heteroatoms. The van der Waals surface area contributed by atoms with Crippen molar-refractivity contribution in [1.82, 2.24) is 9.97 Å². The maximum atomic E-state index is 12.7. The molecule has 1 saturated heterocycles. The average molecular weight is 431 g/mol. The fraction of sp³-hybridized carbons (Fsp3) is 0.250. The van der Waals surface area contributed by atoms with Gasteiger partial charge in [-0.05, 0) is 49.2 Å². The van der Waals surface area contributed by atoms with Gasteiger partial charge >= 0.3 is 0 Å². The predicted molar refractivity (Wildman–Crippen MR) is 123 cm³/mol. The zero-order valence-electron chi connectivity index (χ0n) is 17.8. The first kappa shape index (κ1) is 21.3. The highest BCUT2D eigenvalue weighted by Crippen LogP contribution is 2.31. The quantitative estimate of drug-likeness (QED) is 0.610. The maximum Gasteiger partial charge on any atom is 0.263 e. The van der Waals surface area contributed by atoms with E-state index in [1.54, 1.807) is 36.7 Å². The fourth-order valence-electron chi connectivity index (χ4n) is 3.64. The number of ether oxygens (including phenoxy) is 1. The number of carbonyl (C=O) groups excluding carboxylic acids is 2. The molecule has 0 atom stereocenters. The Morgan fingerprint density at radius 1 is 0.906 bits per heavy atom. The molecular formula is C24H25N5O3. The molecule has 0 aliphatic carbocycles. The third-order valence-corrected chi connectivity index (χ3v) is 5.24. The van der Waals surface area contributed by atoms with Gasteiger partial charge in [-0.3, -0.25) is 9.59 Å². The van der Waals surface area contributed by atoms with E-state index in [0.717, 1.165) is 0 Å². The number of piperidine rings is 1. The minimum atomic E-state index is -0.131. The smallest absolute Gasteiger partial charge is 0.263 e. The number of para-hydroxylation sites is 1. The van der Waals surface area contributed by atoms with Gasteiger partial charge in [-0.25, -0.2) is 9.97 Å². The van der Waals surface area contributed by atoms with Crippen molar-refractivity contribution in [3.05, 3.63) is 67.0 Å². The summed E-state index contributed by atoms with van der Waals surface area (Å²) < 4.78 is 5.93. The normalized spacial score (nSPS) is 14.0. The molecule has 2 heterocycles. The number of hydrogen-bond donors (Lipinski definition) is 2. The van der Waals surface area contributed by atoms with Gasteiger partial charge in [0.05, 0.1) is 0 Å². The van der Waals surface area contributed by atoms with E-state index < -0.39 is 0 Å². The van der Waals surface area contributed by atoms with E-state index in [1.165, 1.54) is 6.92 Å². The molecule has 1 aliphatic rings. The van der Waals surface area contributed by atoms with E-state index >= 15 is 0 Å². The van der Waals surface area contributed by atoms with Gasteiger partial charge in [-0.1, -0.05) is 18.2 Å². The molecule has 32 heavy (non-hydrogen) atoms. The lowest BCUT2D eigenvalue weighted by Crippen LogP contribution is -2.38. The van der Waals surface area contributed by atoms with Crippen LogP contribution < -0.4 is 20.3 Å². The number of aromatic nitrogens is 2. The Kier molecular flexibility index (Phi) is 6.60. The second kappa shape index (κ2) is 9.91. The zero-order valence-corrected chi connectivity index (χ0v) is 17.8. The molecule has 2 aromatic carbocycles. The summed E-state index contributed by atoms with van der Waals surface area (Å²) in [5.74, 6) is 1.62. The molecule has 0 unspecified atom stereocenters. The number of rotatable bonds is 6. The van der Waals surface area contributed by atoms with Crippen LogP contribution in [0.4, 0.5) is 17.2 Å². The lowest BCUT2D eigenvalue weighted by Gasteiger charge is -2.32. The SMILES string of the molecule is CC(=O)Nc1ccc(NC(=O)C2CCN(c3nccnc3Oc3ccccc3)CC2)cc1. The second-order valence-electron chi connectivity index (χ2n) is 7.61. The first-order chi connectivity index (χ1) is 15.6. The van der Waals surface area contributed by atoms with E-state index in [1.807, 2.05) is 30.3 Å². The first-order valence-corrected chi connectivity index (χ1v) is 10.6. The molecule has 1 aliphatic heterocycles. The van der Waals surface area contributed by atoms with Crippen LogP contribution in [0.2, 0.25) is 0 Å². The molecule has 0 spiro atoms. The molecule has 8 nitrogen and oxygen atoms in total. The third kappa shape index (κ3) is 5.40. The van der Waals surface area contributed by atoms with Crippen LogP contribution in [-0.4, -0.2) is 34.9 Å². The number of benzene rings is 2. The topological polar surface area (TPSA) is 96.5 Å². The third-order valence-electron chi connectivity index (χ3n) is 5.24. The van der Waals surface area contributed by atoms with Crippen LogP contribution >= 0.6 is 0 Å². The summed E-state index contributed by atoms with van der Waals surface area (Å²) in [7, 11) is 0. The van der Waals surface area contributed by atoms with Crippen molar-refractivity contribution in [3.8, 4) is 11.6 Å². The van der Waals surface area contributed by atoms with E-state index in [0.29, 0.717) is 54.8 Å². The monoisotopic (exact) mass is 431 g/mol. The largest absolute Gasteiger partial charge is 0.436 e. The minimum Gasteiger partial charge on any atom is -0.436 e. The van der Waals surface area contributed by atoms with Crippen molar-refractivity contribution in [1.29, 1.82) is 0 Å². The summed E-state index contributed by atoms with van der Waals surface area (Å²) >= 11 is 0. The average Bonchev–Trinajstić information content (AvgIpc) is 2.81. The van der Waals surface area contributed by atoms with Gasteiger partial charge in [0.1, 0.15) is 5.75 Å². The molecule has 3 aromatic rings. The predicted octanol–water partition coefficient (Wildman–Crippen LogP) is 4.08. The van der Waals surface area contributed by atoms with Crippen molar-refractivity contribution < 1.29 is 14.3 Å². The van der Waals surface area contributed by atoms with Crippen LogP contribution in [0.5, 0.6) is 11.6 Å². The number of carbonyl (C=O) groups is 2. The maximum absolute atomic E-state index is 12.7. The molecule has 4 rings (SSSR count). The minimum absolute atomic E-state index is 0.00293. The Bertz CT molecular complexity index is 1060. The standard InChI is InChI=1S/C24H25N5O3/c1-17(30)27-19-7-9-20(10-8-19)28-23(31)18-11-15-29(16-12-18)22-24(26-14-13-25-22)32-21-5-3-2-4-6-21/h2-10,13-14,18H,11-12,15-16H2,1H3,(H,27,30)(H,28,31). The molecule has 164 valence electrons. The van der Waals surface area contributed by atoms with Crippen LogP contribution in [0, 0.1) is 5.92 Å². The van der Waals surface area contributed by atoms with Crippen molar-refractivity contribution in [2.75, 3.05) is 28.6 Å². The number of anilines is 3. The van der Waals surface area contributed by atoms with Gasteiger partial charge < -0.3 is 20.3 Å². The summed E-state index contributed by atoms with van der Waals surface area (Å²) in [6.07, 6.45) is 4.67. The van der Waals surface area contributed by atoms with E-state index in [4.69, 9.17) is 4.74 Å². The van der Waals surface area contributed by atoms with Crippen molar-refractivity contribution in [3.63, 3.8) is 0 Å². The van der Waals surface area contributed by atoms with Gasteiger partial charge in [0.25, 0.3) is 5.88 Å². The van der Waals surface area contributed by atoms with Crippen molar-refractivity contribution in [2.45, 2.75) is 19.8 Å². The van der Waals surface area contributed by atoms with Crippen molar-refractivity contribution >= 4 is 29.0 Å². The van der Waals surface area contributed by atoms with E-state index in [9.17, 15) is 9.59 Å². The first-order valence-electron chi connectivity index (χ1n) is 10.6. The Balaban J connectivity index is 1.34. The summed E-state index contributed by atoms with van der Waals surface area (Å²) in [6, 6.07) is 16.6. The molecule has 2 N–H and O–H groups in total.